The summed E-state index contributed by atoms with van der Waals surface area (Å²) in [7, 11) is 0. The molecule has 3 heterocycles. The van der Waals surface area contributed by atoms with Gasteiger partial charge < -0.3 is 14.8 Å². The van der Waals surface area contributed by atoms with Crippen LogP contribution in [0.5, 0.6) is 0 Å². The molecule has 1 aliphatic heterocycles. The molecule has 0 radical (unpaired) electrons. The third kappa shape index (κ3) is 4.09. The Labute approximate surface area is 181 Å². The quantitative estimate of drug-likeness (QED) is 0.524. The van der Waals surface area contributed by atoms with Crippen molar-refractivity contribution in [2.75, 3.05) is 31.1 Å². The van der Waals surface area contributed by atoms with Crippen LogP contribution in [0.4, 0.5) is 5.95 Å². The molecule has 0 saturated carbocycles. The number of aromatic nitrogens is 4. The molecule has 0 unspecified atom stereocenters. The fourth-order valence-corrected chi connectivity index (χ4v) is 4.13. The number of anilines is 1. The lowest BCUT2D eigenvalue weighted by atomic mass is 10.1. The van der Waals surface area contributed by atoms with E-state index in [4.69, 9.17) is 4.98 Å². The maximum absolute atomic E-state index is 13.5. The van der Waals surface area contributed by atoms with Crippen molar-refractivity contribution in [1.82, 2.24) is 24.6 Å². The number of hydrogen-bond acceptors (Lipinski definition) is 5. The van der Waals surface area contributed by atoms with E-state index in [0.29, 0.717) is 24.1 Å². The molecule has 4 aromatic rings. The van der Waals surface area contributed by atoms with Crippen molar-refractivity contribution < 1.29 is 0 Å². The summed E-state index contributed by atoms with van der Waals surface area (Å²) in [6, 6.07) is 20.4. The molecule has 7 nitrogen and oxygen atoms in total. The molecule has 0 atom stereocenters. The van der Waals surface area contributed by atoms with Crippen LogP contribution in [0.1, 0.15) is 11.1 Å². The van der Waals surface area contributed by atoms with E-state index < -0.39 is 0 Å². The van der Waals surface area contributed by atoms with Crippen molar-refractivity contribution in [3.05, 3.63) is 88.3 Å². The van der Waals surface area contributed by atoms with E-state index in [1.165, 1.54) is 5.56 Å². The number of fused-ring (bicyclic) bond motifs is 1. The largest absolute Gasteiger partial charge is 0.340 e. The lowest BCUT2D eigenvalue weighted by molar-refractivity contribution is 0.569. The summed E-state index contributed by atoms with van der Waals surface area (Å²) in [6.07, 6.45) is 2.49. The van der Waals surface area contributed by atoms with Gasteiger partial charge >= 0.3 is 0 Å². The first-order valence-electron chi connectivity index (χ1n) is 10.8. The normalized spacial score (nSPS) is 14.3. The fraction of sp³-hybridized carbons (Fsp3) is 0.292. The molecule has 1 N–H and O–H groups in total. The van der Waals surface area contributed by atoms with Crippen LogP contribution in [0.3, 0.4) is 0 Å². The van der Waals surface area contributed by atoms with Crippen molar-refractivity contribution in [3.63, 3.8) is 0 Å². The van der Waals surface area contributed by atoms with Gasteiger partial charge in [-0.3, -0.25) is 4.79 Å². The van der Waals surface area contributed by atoms with E-state index in [9.17, 15) is 4.79 Å². The SMILES string of the molecule is O=c1c2c(cnn1CCc1ccccc1)nc(N1CCNCC1)n2Cc1ccccc1. The van der Waals surface area contributed by atoms with Gasteiger partial charge in [0.15, 0.2) is 0 Å². The molecule has 31 heavy (non-hydrogen) atoms. The van der Waals surface area contributed by atoms with Crippen LogP contribution < -0.4 is 15.8 Å². The molecule has 2 aromatic carbocycles. The molecule has 1 saturated heterocycles. The molecular weight excluding hydrogens is 388 g/mol. The van der Waals surface area contributed by atoms with Crippen molar-refractivity contribution in [1.29, 1.82) is 0 Å². The Bertz CT molecular complexity index is 1210. The van der Waals surface area contributed by atoms with E-state index in [1.807, 2.05) is 36.4 Å². The van der Waals surface area contributed by atoms with Crippen molar-refractivity contribution in [2.24, 2.45) is 0 Å². The Morgan fingerprint density at radius 3 is 2.29 bits per heavy atom. The second kappa shape index (κ2) is 8.73. The summed E-state index contributed by atoms with van der Waals surface area (Å²) in [6.45, 7) is 4.70. The molecule has 0 bridgehead atoms. The molecule has 2 aromatic heterocycles. The lowest BCUT2D eigenvalue weighted by Gasteiger charge is -2.28. The average molecular weight is 415 g/mol. The standard InChI is InChI=1S/C24H26N6O/c31-23-22-21(17-26-30(23)14-11-19-7-3-1-4-8-19)27-24(28-15-12-25-13-16-28)29(22)18-20-9-5-2-6-10-20/h1-10,17,25H,11-16,18H2. The molecule has 158 valence electrons. The number of imidazole rings is 1. The van der Waals surface area contributed by atoms with Gasteiger partial charge in [0.1, 0.15) is 11.0 Å². The van der Waals surface area contributed by atoms with Crippen molar-refractivity contribution in [2.45, 2.75) is 19.5 Å². The Kier molecular flexibility index (Phi) is 5.50. The van der Waals surface area contributed by atoms with Crippen LogP contribution in [-0.2, 0) is 19.5 Å². The minimum Gasteiger partial charge on any atom is -0.340 e. The van der Waals surface area contributed by atoms with E-state index in [-0.39, 0.29) is 5.56 Å². The fourth-order valence-electron chi connectivity index (χ4n) is 4.13. The van der Waals surface area contributed by atoms with Crippen LogP contribution >= 0.6 is 0 Å². The molecule has 0 aliphatic carbocycles. The predicted molar refractivity (Wildman–Crippen MR) is 123 cm³/mol. The van der Waals surface area contributed by atoms with Gasteiger partial charge in [0.05, 0.1) is 12.7 Å². The molecular formula is C24H26N6O. The van der Waals surface area contributed by atoms with E-state index in [2.05, 4.69) is 44.1 Å². The number of benzene rings is 2. The maximum Gasteiger partial charge on any atom is 0.293 e. The Morgan fingerprint density at radius 1 is 0.903 bits per heavy atom. The van der Waals surface area contributed by atoms with Crippen LogP contribution in [0.15, 0.2) is 71.7 Å². The zero-order chi connectivity index (χ0) is 21.0. The van der Waals surface area contributed by atoms with Gasteiger partial charge in [0, 0.05) is 32.7 Å². The lowest BCUT2D eigenvalue weighted by Crippen LogP contribution is -2.44. The molecule has 1 fully saturated rings. The third-order valence-electron chi connectivity index (χ3n) is 5.77. The monoisotopic (exact) mass is 414 g/mol. The van der Waals surface area contributed by atoms with Gasteiger partial charge in [-0.25, -0.2) is 9.67 Å². The van der Waals surface area contributed by atoms with Crippen LogP contribution in [0.25, 0.3) is 11.0 Å². The minimum atomic E-state index is -0.0850. The van der Waals surface area contributed by atoms with Crippen LogP contribution in [-0.4, -0.2) is 45.5 Å². The zero-order valence-corrected chi connectivity index (χ0v) is 17.4. The van der Waals surface area contributed by atoms with Crippen molar-refractivity contribution in [3.8, 4) is 0 Å². The average Bonchev–Trinajstić information content (AvgIpc) is 3.19. The number of hydrogen-bond donors (Lipinski definition) is 1. The topological polar surface area (TPSA) is 68.0 Å². The second-order valence-electron chi connectivity index (χ2n) is 7.86. The maximum atomic E-state index is 13.5. The summed E-state index contributed by atoms with van der Waals surface area (Å²) in [5, 5.41) is 7.81. The molecule has 1 aliphatic rings. The van der Waals surface area contributed by atoms with Gasteiger partial charge in [-0.1, -0.05) is 60.7 Å². The number of nitrogens with one attached hydrogen (secondary N) is 1. The highest BCUT2D eigenvalue weighted by molar-refractivity contribution is 5.77. The van der Waals surface area contributed by atoms with Gasteiger partial charge in [-0.15, -0.1) is 0 Å². The highest BCUT2D eigenvalue weighted by atomic mass is 16.1. The number of aryl methyl sites for hydroxylation is 2. The highest BCUT2D eigenvalue weighted by Gasteiger charge is 2.22. The first-order chi connectivity index (χ1) is 15.3. The van der Waals surface area contributed by atoms with E-state index >= 15 is 0 Å². The van der Waals surface area contributed by atoms with Gasteiger partial charge in [-0.2, -0.15) is 5.10 Å². The highest BCUT2D eigenvalue weighted by Crippen LogP contribution is 2.22. The smallest absolute Gasteiger partial charge is 0.293 e. The Morgan fingerprint density at radius 2 is 1.58 bits per heavy atom. The van der Waals surface area contributed by atoms with Crippen LogP contribution in [0.2, 0.25) is 0 Å². The third-order valence-corrected chi connectivity index (χ3v) is 5.77. The molecule has 5 rings (SSSR count). The summed E-state index contributed by atoms with van der Waals surface area (Å²) >= 11 is 0. The first kappa shape index (κ1) is 19.5. The summed E-state index contributed by atoms with van der Waals surface area (Å²) < 4.78 is 3.64. The summed E-state index contributed by atoms with van der Waals surface area (Å²) in [5.74, 6) is 0.847. The molecule has 0 spiro atoms. The van der Waals surface area contributed by atoms with Gasteiger partial charge in [0.2, 0.25) is 5.95 Å². The van der Waals surface area contributed by atoms with E-state index in [1.54, 1.807) is 10.9 Å². The van der Waals surface area contributed by atoms with Gasteiger partial charge in [0.25, 0.3) is 5.56 Å². The first-order valence-corrected chi connectivity index (χ1v) is 10.8. The molecule has 0 amide bonds. The minimum absolute atomic E-state index is 0.0850. The van der Waals surface area contributed by atoms with Crippen LogP contribution in [0, 0.1) is 0 Å². The Balaban J connectivity index is 1.56. The second-order valence-corrected chi connectivity index (χ2v) is 7.86. The molecule has 7 heteroatoms. The Hall–Kier alpha value is -3.45. The summed E-state index contributed by atoms with van der Waals surface area (Å²) in [5.41, 5.74) is 3.53. The van der Waals surface area contributed by atoms with Gasteiger partial charge in [-0.05, 0) is 17.5 Å². The predicted octanol–water partition coefficient (Wildman–Crippen LogP) is 2.29. The van der Waals surface area contributed by atoms with Crippen molar-refractivity contribution >= 4 is 17.0 Å². The zero-order valence-electron chi connectivity index (χ0n) is 17.4. The number of nitrogens with zero attached hydrogens (tertiary/aromatic N) is 5. The summed E-state index contributed by atoms with van der Waals surface area (Å²) in [4.78, 5) is 20.6. The number of piperazine rings is 1. The number of rotatable bonds is 6. The van der Waals surface area contributed by atoms with E-state index in [0.717, 1.165) is 44.1 Å².